The number of aliphatic carboxylic acids is 1. The standard InChI is InChI=1S/C12H16N2O5/c1-3-13-10(12(15)16)7-19-9-4-5-11(14(17)18)8(2)6-9/h4-6,10,13H,3,7H2,1-2H3,(H,15,16). The van der Waals surface area contributed by atoms with E-state index < -0.39 is 16.9 Å². The van der Waals surface area contributed by atoms with Crippen molar-refractivity contribution in [1.29, 1.82) is 0 Å². The van der Waals surface area contributed by atoms with Crippen molar-refractivity contribution in [3.8, 4) is 5.75 Å². The number of nitrogens with zero attached hydrogens (tertiary/aromatic N) is 1. The van der Waals surface area contributed by atoms with E-state index in [1.807, 2.05) is 0 Å². The molecule has 1 unspecified atom stereocenters. The Morgan fingerprint density at radius 1 is 1.58 bits per heavy atom. The number of carboxylic acids is 1. The van der Waals surface area contributed by atoms with Crippen LogP contribution in [0.1, 0.15) is 12.5 Å². The van der Waals surface area contributed by atoms with Gasteiger partial charge in [-0.1, -0.05) is 6.92 Å². The molecule has 1 aromatic carbocycles. The first kappa shape index (κ1) is 14.9. The molecule has 0 aromatic heterocycles. The fourth-order valence-corrected chi connectivity index (χ4v) is 1.57. The highest BCUT2D eigenvalue weighted by atomic mass is 16.6. The van der Waals surface area contributed by atoms with Crippen molar-refractivity contribution in [2.75, 3.05) is 13.2 Å². The van der Waals surface area contributed by atoms with E-state index in [0.717, 1.165) is 0 Å². The van der Waals surface area contributed by atoms with Gasteiger partial charge in [0.15, 0.2) is 0 Å². The molecule has 2 N–H and O–H groups in total. The minimum atomic E-state index is -1.000. The lowest BCUT2D eigenvalue weighted by atomic mass is 10.2. The summed E-state index contributed by atoms with van der Waals surface area (Å²) in [5.41, 5.74) is 0.478. The number of nitro benzene ring substituents is 1. The number of hydrogen-bond donors (Lipinski definition) is 2. The number of nitro groups is 1. The summed E-state index contributed by atoms with van der Waals surface area (Å²) in [5, 5.41) is 22.3. The van der Waals surface area contributed by atoms with E-state index in [9.17, 15) is 14.9 Å². The molecular weight excluding hydrogens is 252 g/mol. The van der Waals surface area contributed by atoms with Crippen LogP contribution < -0.4 is 10.1 Å². The minimum absolute atomic E-state index is 0.00816. The Hall–Kier alpha value is -2.15. The summed E-state index contributed by atoms with van der Waals surface area (Å²) in [6, 6.07) is 3.51. The van der Waals surface area contributed by atoms with Gasteiger partial charge in [-0.05, 0) is 25.6 Å². The Bertz CT molecular complexity index is 475. The molecule has 0 heterocycles. The molecule has 7 heteroatoms. The van der Waals surface area contributed by atoms with Crippen LogP contribution in [0.25, 0.3) is 0 Å². The fraction of sp³-hybridized carbons (Fsp3) is 0.417. The molecule has 0 radical (unpaired) electrons. The van der Waals surface area contributed by atoms with E-state index in [1.165, 1.54) is 18.2 Å². The molecule has 1 rings (SSSR count). The zero-order valence-corrected chi connectivity index (χ0v) is 10.8. The van der Waals surface area contributed by atoms with Crippen molar-refractivity contribution in [2.24, 2.45) is 0 Å². The van der Waals surface area contributed by atoms with E-state index in [4.69, 9.17) is 9.84 Å². The predicted octanol–water partition coefficient (Wildman–Crippen LogP) is 1.34. The molecule has 0 amide bonds. The third kappa shape index (κ3) is 4.22. The van der Waals surface area contributed by atoms with Crippen LogP contribution >= 0.6 is 0 Å². The number of likely N-dealkylation sites (N-methyl/N-ethyl adjacent to an activating group) is 1. The third-order valence-corrected chi connectivity index (χ3v) is 2.53. The van der Waals surface area contributed by atoms with Gasteiger partial charge in [0, 0.05) is 11.6 Å². The Labute approximate surface area is 110 Å². The second kappa shape index (κ2) is 6.69. The van der Waals surface area contributed by atoms with Gasteiger partial charge < -0.3 is 15.2 Å². The smallest absolute Gasteiger partial charge is 0.324 e. The molecular formula is C12H16N2O5. The number of ether oxygens (including phenoxy) is 1. The molecule has 1 aromatic rings. The second-order valence-corrected chi connectivity index (χ2v) is 3.96. The number of hydrogen-bond acceptors (Lipinski definition) is 5. The molecule has 19 heavy (non-hydrogen) atoms. The van der Waals surface area contributed by atoms with Crippen LogP contribution in [-0.4, -0.2) is 35.2 Å². The number of aryl methyl sites for hydroxylation is 1. The van der Waals surface area contributed by atoms with Crippen molar-refractivity contribution >= 4 is 11.7 Å². The monoisotopic (exact) mass is 268 g/mol. The van der Waals surface area contributed by atoms with Gasteiger partial charge in [0.2, 0.25) is 0 Å². The van der Waals surface area contributed by atoms with Crippen LogP contribution in [0, 0.1) is 17.0 Å². The van der Waals surface area contributed by atoms with Crippen LogP contribution in [0.2, 0.25) is 0 Å². The van der Waals surface area contributed by atoms with Crippen LogP contribution in [-0.2, 0) is 4.79 Å². The third-order valence-electron chi connectivity index (χ3n) is 2.53. The van der Waals surface area contributed by atoms with E-state index in [1.54, 1.807) is 13.8 Å². The Morgan fingerprint density at radius 3 is 2.74 bits per heavy atom. The highest BCUT2D eigenvalue weighted by Crippen LogP contribution is 2.23. The Kier molecular flexibility index (Phi) is 5.25. The topological polar surface area (TPSA) is 102 Å². The van der Waals surface area contributed by atoms with Crippen molar-refractivity contribution in [2.45, 2.75) is 19.9 Å². The average Bonchev–Trinajstić information content (AvgIpc) is 2.33. The van der Waals surface area contributed by atoms with Gasteiger partial charge >= 0.3 is 5.97 Å². The second-order valence-electron chi connectivity index (χ2n) is 3.96. The molecule has 0 saturated heterocycles. The first-order valence-corrected chi connectivity index (χ1v) is 5.79. The molecule has 0 aliphatic carbocycles. The molecule has 1 atom stereocenters. The van der Waals surface area contributed by atoms with Gasteiger partial charge in [-0.15, -0.1) is 0 Å². The molecule has 0 fully saturated rings. The molecule has 0 spiro atoms. The Morgan fingerprint density at radius 2 is 2.26 bits per heavy atom. The van der Waals surface area contributed by atoms with E-state index in [0.29, 0.717) is 17.9 Å². The SMILES string of the molecule is CCNC(COc1ccc([N+](=O)[O-])c(C)c1)C(=O)O. The lowest BCUT2D eigenvalue weighted by molar-refractivity contribution is -0.385. The number of benzene rings is 1. The van der Waals surface area contributed by atoms with Crippen LogP contribution in [0.4, 0.5) is 5.69 Å². The van der Waals surface area contributed by atoms with Gasteiger partial charge in [0.25, 0.3) is 5.69 Å². The maximum Gasteiger partial charge on any atom is 0.324 e. The molecule has 104 valence electrons. The summed E-state index contributed by atoms with van der Waals surface area (Å²) in [5.74, 6) is -0.590. The highest BCUT2D eigenvalue weighted by molar-refractivity contribution is 5.73. The van der Waals surface area contributed by atoms with Gasteiger partial charge in [-0.2, -0.15) is 0 Å². The molecule has 7 nitrogen and oxygen atoms in total. The zero-order chi connectivity index (χ0) is 14.4. The zero-order valence-electron chi connectivity index (χ0n) is 10.8. The van der Waals surface area contributed by atoms with E-state index in [2.05, 4.69) is 5.32 Å². The normalized spacial score (nSPS) is 11.9. The highest BCUT2D eigenvalue weighted by Gasteiger charge is 2.17. The fourth-order valence-electron chi connectivity index (χ4n) is 1.57. The lowest BCUT2D eigenvalue weighted by Gasteiger charge is -2.14. The van der Waals surface area contributed by atoms with Crippen molar-refractivity contribution in [3.05, 3.63) is 33.9 Å². The molecule has 0 aliphatic rings. The van der Waals surface area contributed by atoms with Crippen molar-refractivity contribution in [1.82, 2.24) is 5.32 Å². The summed E-state index contributed by atoms with van der Waals surface area (Å²) in [4.78, 5) is 21.1. The predicted molar refractivity (Wildman–Crippen MR) is 68.4 cm³/mol. The number of rotatable bonds is 7. The average molecular weight is 268 g/mol. The van der Waals surface area contributed by atoms with E-state index in [-0.39, 0.29) is 12.3 Å². The number of carbonyl (C=O) groups is 1. The first-order valence-electron chi connectivity index (χ1n) is 5.79. The molecule has 0 aliphatic heterocycles. The summed E-state index contributed by atoms with van der Waals surface area (Å²) in [6.07, 6.45) is 0. The van der Waals surface area contributed by atoms with Gasteiger partial charge in [0.05, 0.1) is 4.92 Å². The Balaban J connectivity index is 2.70. The minimum Gasteiger partial charge on any atom is -0.491 e. The largest absolute Gasteiger partial charge is 0.491 e. The van der Waals surface area contributed by atoms with Crippen LogP contribution in [0.3, 0.4) is 0 Å². The van der Waals surface area contributed by atoms with Crippen LogP contribution in [0.5, 0.6) is 5.75 Å². The van der Waals surface area contributed by atoms with Gasteiger partial charge in [-0.3, -0.25) is 14.9 Å². The van der Waals surface area contributed by atoms with Crippen LogP contribution in [0.15, 0.2) is 18.2 Å². The maximum absolute atomic E-state index is 10.9. The van der Waals surface area contributed by atoms with Gasteiger partial charge in [-0.25, -0.2) is 0 Å². The molecule has 0 saturated carbocycles. The first-order chi connectivity index (χ1) is 8.95. The molecule has 0 bridgehead atoms. The van der Waals surface area contributed by atoms with E-state index >= 15 is 0 Å². The number of carboxylic acid groups (broad SMARTS) is 1. The number of nitrogens with one attached hydrogen (secondary N) is 1. The summed E-state index contributed by atoms with van der Waals surface area (Å²) >= 11 is 0. The van der Waals surface area contributed by atoms with Gasteiger partial charge in [0.1, 0.15) is 18.4 Å². The van der Waals surface area contributed by atoms with Crippen molar-refractivity contribution < 1.29 is 19.6 Å². The van der Waals surface area contributed by atoms with Crippen molar-refractivity contribution in [3.63, 3.8) is 0 Å². The maximum atomic E-state index is 10.9. The lowest BCUT2D eigenvalue weighted by Crippen LogP contribution is -2.41. The summed E-state index contributed by atoms with van der Waals surface area (Å²) in [6.45, 7) is 3.87. The summed E-state index contributed by atoms with van der Waals surface area (Å²) < 4.78 is 5.33. The summed E-state index contributed by atoms with van der Waals surface area (Å²) in [7, 11) is 0. The quantitative estimate of drug-likeness (QED) is 0.571.